The molecule has 0 aromatic heterocycles. The average Bonchev–Trinajstić information content (AvgIpc) is 3.14. The molecule has 0 saturated carbocycles. The van der Waals surface area contributed by atoms with Gasteiger partial charge in [-0.3, -0.25) is 19.3 Å². The second-order valence-corrected chi connectivity index (χ2v) is 11.8. The highest BCUT2D eigenvalue weighted by Crippen LogP contribution is 2.69. The van der Waals surface area contributed by atoms with Crippen molar-refractivity contribution in [3.8, 4) is 0 Å². The van der Waals surface area contributed by atoms with Gasteiger partial charge < -0.3 is 5.32 Å². The van der Waals surface area contributed by atoms with Crippen molar-refractivity contribution in [2.45, 2.75) is 29.6 Å². The molecule has 3 aromatic rings. The number of carbonyl (C=O) groups excluding carboxylic acids is 3. The minimum atomic E-state index is -1.29. The summed E-state index contributed by atoms with van der Waals surface area (Å²) in [5.41, 5.74) is 3.36. The van der Waals surface area contributed by atoms with E-state index in [0.29, 0.717) is 10.7 Å². The Labute approximate surface area is 229 Å². The van der Waals surface area contributed by atoms with Gasteiger partial charge in [0.25, 0.3) is 0 Å². The maximum absolute atomic E-state index is 14.2. The van der Waals surface area contributed by atoms with E-state index in [-0.39, 0.29) is 5.92 Å². The van der Waals surface area contributed by atoms with Crippen LogP contribution in [0.25, 0.3) is 0 Å². The second kappa shape index (κ2) is 8.32. The molecule has 7 rings (SSSR count). The monoisotopic (exact) mass is 552 g/mol. The van der Waals surface area contributed by atoms with E-state index in [2.05, 4.69) is 5.32 Å². The minimum Gasteiger partial charge on any atom is -0.324 e. The van der Waals surface area contributed by atoms with Gasteiger partial charge in [-0.05, 0) is 46.4 Å². The fraction of sp³-hybridized carbons (Fsp3) is 0.276. The number of hydrogen-bond acceptors (Lipinski definition) is 3. The number of imide groups is 1. The van der Waals surface area contributed by atoms with E-state index in [1.807, 2.05) is 48.5 Å². The first-order chi connectivity index (χ1) is 17.6. The molecule has 0 radical (unpaired) electrons. The number of carbonyl (C=O) groups is 3. The van der Waals surface area contributed by atoms with E-state index in [1.54, 1.807) is 38.1 Å². The fourth-order valence-corrected chi connectivity index (χ4v) is 7.75. The number of amides is 3. The first-order valence-corrected chi connectivity index (χ1v) is 13.3. The molecule has 1 N–H and O–H groups in total. The van der Waals surface area contributed by atoms with Crippen molar-refractivity contribution in [3.05, 3.63) is 100 Å². The van der Waals surface area contributed by atoms with Gasteiger partial charge in [0, 0.05) is 10.7 Å². The Balaban J connectivity index is 1.49. The van der Waals surface area contributed by atoms with Crippen molar-refractivity contribution in [1.29, 1.82) is 0 Å². The average molecular weight is 554 g/mol. The van der Waals surface area contributed by atoms with Gasteiger partial charge in [-0.25, -0.2) is 0 Å². The van der Waals surface area contributed by atoms with Crippen molar-refractivity contribution in [1.82, 2.24) is 4.90 Å². The predicted octanol–water partition coefficient (Wildman–Crippen LogP) is 5.90. The molecule has 2 bridgehead atoms. The van der Waals surface area contributed by atoms with Gasteiger partial charge in [-0.2, -0.15) is 0 Å². The van der Waals surface area contributed by atoms with Crippen LogP contribution in [-0.2, 0) is 24.1 Å². The van der Waals surface area contributed by atoms with E-state index in [9.17, 15) is 14.4 Å². The Kier molecular flexibility index (Phi) is 5.50. The quantitative estimate of drug-likeness (QED) is 0.323. The topological polar surface area (TPSA) is 66.5 Å². The minimum absolute atomic E-state index is 0.368. The number of hydrogen-bond donors (Lipinski definition) is 1. The zero-order valence-electron chi connectivity index (χ0n) is 20.0. The smallest absolute Gasteiger partial charge is 0.247 e. The van der Waals surface area contributed by atoms with Gasteiger partial charge in [0.15, 0.2) is 0 Å². The van der Waals surface area contributed by atoms with E-state index < -0.39 is 45.3 Å². The molecule has 5 nitrogen and oxygen atoms in total. The predicted molar refractivity (Wildman–Crippen MR) is 144 cm³/mol. The van der Waals surface area contributed by atoms with Crippen molar-refractivity contribution >= 4 is 58.2 Å². The lowest BCUT2D eigenvalue weighted by atomic mass is 9.54. The Morgan fingerprint density at radius 1 is 0.811 bits per heavy atom. The van der Waals surface area contributed by atoms with Crippen LogP contribution in [0.2, 0.25) is 5.02 Å². The van der Waals surface area contributed by atoms with Crippen LogP contribution in [0.5, 0.6) is 0 Å². The molecule has 37 heavy (non-hydrogen) atoms. The summed E-state index contributed by atoms with van der Waals surface area (Å²) in [7, 11) is 0. The lowest BCUT2D eigenvalue weighted by molar-refractivity contribution is -0.148. The van der Waals surface area contributed by atoms with Crippen LogP contribution in [0, 0.1) is 17.8 Å². The van der Waals surface area contributed by atoms with Gasteiger partial charge >= 0.3 is 0 Å². The van der Waals surface area contributed by atoms with E-state index in [1.165, 1.54) is 0 Å². The molecule has 1 aliphatic heterocycles. The molecule has 1 saturated heterocycles. The lowest BCUT2D eigenvalue weighted by Crippen LogP contribution is -2.57. The Morgan fingerprint density at radius 3 is 1.68 bits per heavy atom. The van der Waals surface area contributed by atoms with Crippen molar-refractivity contribution < 1.29 is 14.4 Å². The molecule has 0 unspecified atom stereocenters. The molecule has 4 aliphatic rings. The summed E-state index contributed by atoms with van der Waals surface area (Å²) < 4.78 is 0. The van der Waals surface area contributed by atoms with Crippen LogP contribution in [0.4, 0.5) is 5.69 Å². The van der Waals surface area contributed by atoms with Crippen molar-refractivity contribution in [2.75, 3.05) is 5.32 Å². The number of nitrogens with zero attached hydrogens (tertiary/aromatic N) is 1. The number of halogens is 3. The van der Waals surface area contributed by atoms with Crippen molar-refractivity contribution in [3.63, 3.8) is 0 Å². The summed E-state index contributed by atoms with van der Waals surface area (Å²) in [4.78, 5) is 40.5. The zero-order chi connectivity index (χ0) is 26.3. The summed E-state index contributed by atoms with van der Waals surface area (Å²) in [5.74, 6) is -3.73. The summed E-state index contributed by atoms with van der Waals surface area (Å²) in [6.45, 7) is 3.60. The number of anilines is 1. The molecule has 3 atom stereocenters. The third-order valence-corrected chi connectivity index (χ3v) is 9.41. The van der Waals surface area contributed by atoms with Crippen LogP contribution in [0.1, 0.15) is 36.1 Å². The highest BCUT2D eigenvalue weighted by Gasteiger charge is 2.73. The zero-order valence-corrected chi connectivity index (χ0v) is 22.3. The summed E-state index contributed by atoms with van der Waals surface area (Å²) in [6.07, 6.45) is 0. The molecule has 8 heteroatoms. The number of benzene rings is 3. The molecule has 0 spiro atoms. The normalized spacial score (nSPS) is 28.1. The summed E-state index contributed by atoms with van der Waals surface area (Å²) in [6, 6.07) is 20.6. The summed E-state index contributed by atoms with van der Waals surface area (Å²) >= 11 is 21.1. The number of alkyl halides is 2. The van der Waals surface area contributed by atoms with Crippen LogP contribution in [0.15, 0.2) is 72.8 Å². The van der Waals surface area contributed by atoms with E-state index >= 15 is 0 Å². The molecule has 188 valence electrons. The molecule has 3 aliphatic carbocycles. The SMILES string of the molecule is CC(C)[C@@H](C(=O)Nc1cccc(Cl)c1)N1C(=O)[C@@H]2[C@@H](C1=O)C1(Cl)c3ccccc3C2(Cl)c2ccccc21. The van der Waals surface area contributed by atoms with Gasteiger partial charge in [0.2, 0.25) is 17.7 Å². The molecule has 1 heterocycles. The standard InChI is InChI=1S/C29H23Cl3N2O3/c1-15(2)24(25(35)33-17-9-7-8-16(30)14-17)34-26(36)22-23(27(34)37)29(32)19-11-4-3-10-18(19)28(22,31)20-12-5-6-13-21(20)29/h3-15,22-24H,1-2H3,(H,33,35)/t22-,23-,24-,28?,29?/m0/s1. The Bertz CT molecular complexity index is 1360. The number of likely N-dealkylation sites (tertiary alicyclic amines) is 1. The Hall–Kier alpha value is -2.86. The van der Waals surface area contributed by atoms with Gasteiger partial charge in [-0.15, -0.1) is 23.2 Å². The highest BCUT2D eigenvalue weighted by atomic mass is 35.5. The van der Waals surface area contributed by atoms with Crippen LogP contribution >= 0.6 is 34.8 Å². The maximum Gasteiger partial charge on any atom is 0.247 e. The molecule has 3 amide bonds. The highest BCUT2D eigenvalue weighted by molar-refractivity contribution is 6.36. The third kappa shape index (κ3) is 3.14. The molecule has 3 aromatic carbocycles. The second-order valence-electron chi connectivity index (χ2n) is 10.2. The first-order valence-electron chi connectivity index (χ1n) is 12.1. The Morgan fingerprint density at radius 2 is 1.27 bits per heavy atom. The lowest BCUT2D eigenvalue weighted by Gasteiger charge is -2.54. The molecule has 1 fully saturated rings. The van der Waals surface area contributed by atoms with E-state index in [4.69, 9.17) is 34.8 Å². The first kappa shape index (κ1) is 24.5. The third-order valence-electron chi connectivity index (χ3n) is 7.89. The van der Waals surface area contributed by atoms with E-state index in [0.717, 1.165) is 27.2 Å². The van der Waals surface area contributed by atoms with Gasteiger partial charge in [-0.1, -0.05) is 80.0 Å². The molecular formula is C29H23Cl3N2O3. The number of nitrogens with one attached hydrogen (secondary N) is 1. The maximum atomic E-state index is 14.2. The molecular weight excluding hydrogens is 531 g/mol. The van der Waals surface area contributed by atoms with Crippen LogP contribution in [0.3, 0.4) is 0 Å². The van der Waals surface area contributed by atoms with Gasteiger partial charge in [0.1, 0.15) is 15.8 Å². The van der Waals surface area contributed by atoms with Crippen LogP contribution in [-0.4, -0.2) is 28.7 Å². The van der Waals surface area contributed by atoms with Crippen LogP contribution < -0.4 is 5.32 Å². The van der Waals surface area contributed by atoms with Crippen molar-refractivity contribution in [2.24, 2.45) is 17.8 Å². The largest absolute Gasteiger partial charge is 0.324 e. The number of rotatable bonds is 4. The summed E-state index contributed by atoms with van der Waals surface area (Å²) in [5, 5.41) is 3.28. The van der Waals surface area contributed by atoms with Gasteiger partial charge in [0.05, 0.1) is 11.8 Å². The fourth-order valence-electron chi connectivity index (χ4n) is 6.46.